The van der Waals surface area contributed by atoms with Crippen molar-refractivity contribution in [2.24, 2.45) is 17.8 Å². The summed E-state index contributed by atoms with van der Waals surface area (Å²) in [5.74, 6) is -6.32. The number of sulfone groups is 1. The molecule has 0 aromatic carbocycles. The highest BCUT2D eigenvalue weighted by molar-refractivity contribution is 7.98. The number of amides is 1. The SMILES string of the molecule is CSCC[C@H](C)C(=O)N[C@@]1(C(=O)O)CS(=O)(=O)[C@H]2[C@H](C(=O)O)[C@H]21. The minimum absolute atomic E-state index is 0.484. The highest BCUT2D eigenvalue weighted by Crippen LogP contribution is 2.57. The third-order valence-electron chi connectivity index (χ3n) is 4.58. The lowest BCUT2D eigenvalue weighted by Crippen LogP contribution is -2.60. The van der Waals surface area contributed by atoms with Gasteiger partial charge in [0.05, 0.1) is 16.9 Å². The van der Waals surface area contributed by atoms with Gasteiger partial charge in [-0.05, 0) is 18.4 Å². The van der Waals surface area contributed by atoms with Gasteiger partial charge in [-0.15, -0.1) is 0 Å². The fourth-order valence-electron chi connectivity index (χ4n) is 3.27. The van der Waals surface area contributed by atoms with E-state index in [0.717, 1.165) is 0 Å². The average molecular weight is 365 g/mol. The first-order chi connectivity index (χ1) is 10.6. The van der Waals surface area contributed by atoms with Gasteiger partial charge in [-0.1, -0.05) is 6.92 Å². The predicted molar refractivity (Wildman–Crippen MR) is 82.9 cm³/mol. The highest BCUT2D eigenvalue weighted by atomic mass is 32.2. The van der Waals surface area contributed by atoms with Crippen molar-refractivity contribution in [1.82, 2.24) is 5.32 Å². The van der Waals surface area contributed by atoms with Crippen LogP contribution in [0.5, 0.6) is 0 Å². The van der Waals surface area contributed by atoms with Gasteiger partial charge in [0.25, 0.3) is 0 Å². The molecule has 0 spiro atoms. The number of nitrogens with one attached hydrogen (secondary N) is 1. The van der Waals surface area contributed by atoms with Crippen molar-refractivity contribution in [3.05, 3.63) is 0 Å². The Labute approximate surface area is 137 Å². The number of aliphatic carboxylic acids is 2. The summed E-state index contributed by atoms with van der Waals surface area (Å²) in [6.45, 7) is 1.63. The molecular weight excluding hydrogens is 346 g/mol. The predicted octanol–water partition coefficient (Wildman–Crippen LogP) is -0.557. The number of carboxylic acids is 2. The number of fused-ring (bicyclic) bond motifs is 1. The summed E-state index contributed by atoms with van der Waals surface area (Å²) in [5.41, 5.74) is -2.04. The van der Waals surface area contributed by atoms with Crippen LogP contribution in [-0.2, 0) is 24.2 Å². The van der Waals surface area contributed by atoms with E-state index in [1.165, 1.54) is 11.8 Å². The van der Waals surface area contributed by atoms with Crippen molar-refractivity contribution in [1.29, 1.82) is 0 Å². The number of hydrogen-bond acceptors (Lipinski definition) is 6. The number of carbonyl (C=O) groups excluding carboxylic acids is 1. The number of carbonyl (C=O) groups is 3. The molecule has 2 fully saturated rings. The molecule has 0 radical (unpaired) electrons. The molecule has 2 rings (SSSR count). The van der Waals surface area contributed by atoms with E-state index in [0.29, 0.717) is 12.2 Å². The zero-order valence-corrected chi connectivity index (χ0v) is 14.3. The molecule has 8 nitrogen and oxygen atoms in total. The first-order valence-corrected chi connectivity index (χ1v) is 10.2. The third kappa shape index (κ3) is 2.93. The van der Waals surface area contributed by atoms with Crippen molar-refractivity contribution >= 4 is 39.4 Å². The summed E-state index contributed by atoms with van der Waals surface area (Å²) in [4.78, 5) is 35.1. The summed E-state index contributed by atoms with van der Waals surface area (Å²) < 4.78 is 24.2. The van der Waals surface area contributed by atoms with Crippen LogP contribution in [0.3, 0.4) is 0 Å². The molecule has 23 heavy (non-hydrogen) atoms. The first-order valence-electron chi connectivity index (χ1n) is 7.07. The monoisotopic (exact) mass is 365 g/mol. The molecule has 0 aromatic rings. The van der Waals surface area contributed by atoms with Crippen molar-refractivity contribution in [2.75, 3.05) is 17.8 Å². The Morgan fingerprint density at radius 3 is 2.39 bits per heavy atom. The maximum absolute atomic E-state index is 12.2. The summed E-state index contributed by atoms with van der Waals surface area (Å²) in [6.07, 6.45) is 2.39. The van der Waals surface area contributed by atoms with Gasteiger partial charge < -0.3 is 15.5 Å². The minimum Gasteiger partial charge on any atom is -0.481 e. The zero-order chi connectivity index (χ0) is 17.6. The molecule has 1 aliphatic heterocycles. The lowest BCUT2D eigenvalue weighted by molar-refractivity contribution is -0.149. The number of hydrogen-bond donors (Lipinski definition) is 3. The van der Waals surface area contributed by atoms with Crippen LogP contribution in [0, 0.1) is 17.8 Å². The Kier molecular flexibility index (Phi) is 4.69. The fraction of sp³-hybridized carbons (Fsp3) is 0.769. The van der Waals surface area contributed by atoms with Crippen LogP contribution >= 0.6 is 11.8 Å². The van der Waals surface area contributed by atoms with Crippen molar-refractivity contribution < 1.29 is 33.0 Å². The molecule has 1 amide bonds. The number of rotatable bonds is 7. The zero-order valence-electron chi connectivity index (χ0n) is 12.7. The van der Waals surface area contributed by atoms with Gasteiger partial charge in [-0.2, -0.15) is 11.8 Å². The lowest BCUT2D eigenvalue weighted by Gasteiger charge is -2.29. The van der Waals surface area contributed by atoms with Crippen LogP contribution < -0.4 is 5.32 Å². The molecule has 0 unspecified atom stereocenters. The second-order valence-electron chi connectivity index (χ2n) is 6.11. The third-order valence-corrected chi connectivity index (χ3v) is 7.50. The van der Waals surface area contributed by atoms with E-state index in [1.807, 2.05) is 6.26 Å². The molecule has 1 saturated heterocycles. The van der Waals surface area contributed by atoms with Crippen LogP contribution in [0.25, 0.3) is 0 Å². The molecule has 0 bridgehead atoms. The second kappa shape index (κ2) is 5.97. The van der Waals surface area contributed by atoms with Crippen LogP contribution in [0.4, 0.5) is 0 Å². The van der Waals surface area contributed by atoms with E-state index in [1.54, 1.807) is 6.92 Å². The molecule has 1 saturated carbocycles. The van der Waals surface area contributed by atoms with Gasteiger partial charge in [-0.3, -0.25) is 9.59 Å². The topological polar surface area (TPSA) is 138 Å². The molecular formula is C13H19NO7S2. The van der Waals surface area contributed by atoms with Crippen LogP contribution in [0.15, 0.2) is 0 Å². The standard InChI is InChI=1S/C13H19NO7S2/c1-6(3-4-22-2)10(15)14-13(12(18)19)5-23(20,21)9-7(8(9)13)11(16)17/h6-9H,3-5H2,1-2H3,(H,14,15)(H,16,17)(H,18,19)/t6-,7+,8+,9-,13-/m0/s1. The van der Waals surface area contributed by atoms with E-state index in [-0.39, 0.29) is 0 Å². The van der Waals surface area contributed by atoms with Gasteiger partial charge in [0.15, 0.2) is 15.4 Å². The van der Waals surface area contributed by atoms with Gasteiger partial charge in [-0.25, -0.2) is 13.2 Å². The van der Waals surface area contributed by atoms with Crippen LogP contribution in [0.2, 0.25) is 0 Å². The summed E-state index contributed by atoms with van der Waals surface area (Å²) in [7, 11) is -3.87. The summed E-state index contributed by atoms with van der Waals surface area (Å²) in [5, 5.41) is 19.7. The average Bonchev–Trinajstić information content (AvgIpc) is 3.15. The van der Waals surface area contributed by atoms with Crippen molar-refractivity contribution in [2.45, 2.75) is 24.1 Å². The van der Waals surface area contributed by atoms with Crippen molar-refractivity contribution in [3.63, 3.8) is 0 Å². The maximum Gasteiger partial charge on any atom is 0.330 e. The Morgan fingerprint density at radius 1 is 1.35 bits per heavy atom. The van der Waals surface area contributed by atoms with Crippen LogP contribution in [0.1, 0.15) is 13.3 Å². The van der Waals surface area contributed by atoms with E-state index in [4.69, 9.17) is 5.11 Å². The Balaban J connectivity index is 2.26. The quantitative estimate of drug-likeness (QED) is 0.546. The largest absolute Gasteiger partial charge is 0.481 e. The lowest BCUT2D eigenvalue weighted by atomic mass is 9.92. The van der Waals surface area contributed by atoms with E-state index < -0.39 is 62.0 Å². The smallest absolute Gasteiger partial charge is 0.330 e. The van der Waals surface area contributed by atoms with Crippen LogP contribution in [-0.4, -0.2) is 65.0 Å². The Hall–Kier alpha value is -1.29. The highest BCUT2D eigenvalue weighted by Gasteiger charge is 2.79. The van der Waals surface area contributed by atoms with Gasteiger partial charge in [0.2, 0.25) is 5.91 Å². The molecule has 1 heterocycles. The number of carboxylic acid groups (broad SMARTS) is 2. The number of thioether (sulfide) groups is 1. The maximum atomic E-state index is 12.2. The first kappa shape index (κ1) is 18.1. The minimum atomic E-state index is -3.87. The summed E-state index contributed by atoms with van der Waals surface area (Å²) in [6, 6.07) is 0. The molecule has 130 valence electrons. The van der Waals surface area contributed by atoms with E-state index in [2.05, 4.69) is 5.32 Å². The van der Waals surface area contributed by atoms with Gasteiger partial charge in [0.1, 0.15) is 0 Å². The molecule has 2 aliphatic rings. The molecule has 1 aliphatic carbocycles. The van der Waals surface area contributed by atoms with Gasteiger partial charge in [0, 0.05) is 11.8 Å². The molecule has 0 aromatic heterocycles. The van der Waals surface area contributed by atoms with E-state index in [9.17, 15) is 27.9 Å². The summed E-state index contributed by atoms with van der Waals surface area (Å²) >= 11 is 1.54. The Bertz CT molecular complexity index is 647. The van der Waals surface area contributed by atoms with Gasteiger partial charge >= 0.3 is 11.9 Å². The second-order valence-corrected chi connectivity index (χ2v) is 9.25. The molecule has 5 atom stereocenters. The normalized spacial score (nSPS) is 35.1. The fourth-order valence-corrected chi connectivity index (χ4v) is 6.56. The van der Waals surface area contributed by atoms with E-state index >= 15 is 0 Å². The molecule has 10 heteroatoms. The van der Waals surface area contributed by atoms with Crippen molar-refractivity contribution in [3.8, 4) is 0 Å². The Morgan fingerprint density at radius 2 is 1.96 bits per heavy atom. The molecule has 3 N–H and O–H groups in total.